The van der Waals surface area contributed by atoms with Crippen LogP contribution in [0.5, 0.6) is 0 Å². The number of aliphatic hydroxyl groups is 1. The SMILES string of the molecule is CCCCC/C=C/CCCCCCCCCCCC1=NCCN1CCO. The van der Waals surface area contributed by atoms with Crippen molar-refractivity contribution in [2.24, 2.45) is 4.99 Å². The van der Waals surface area contributed by atoms with Gasteiger partial charge in [-0.05, 0) is 32.1 Å². The Kier molecular flexibility index (Phi) is 15.7. The van der Waals surface area contributed by atoms with Crippen molar-refractivity contribution < 1.29 is 5.11 Å². The first-order valence-corrected chi connectivity index (χ1v) is 11.4. The van der Waals surface area contributed by atoms with E-state index in [9.17, 15) is 0 Å². The third-order valence-electron chi connectivity index (χ3n) is 5.31. The van der Waals surface area contributed by atoms with Crippen molar-refractivity contribution in [1.29, 1.82) is 0 Å². The molecule has 3 nitrogen and oxygen atoms in total. The van der Waals surface area contributed by atoms with Gasteiger partial charge in [-0.1, -0.05) is 76.9 Å². The van der Waals surface area contributed by atoms with E-state index in [-0.39, 0.29) is 6.61 Å². The summed E-state index contributed by atoms with van der Waals surface area (Å²) >= 11 is 0. The molecule has 1 heterocycles. The van der Waals surface area contributed by atoms with Crippen molar-refractivity contribution in [2.45, 2.75) is 103 Å². The third kappa shape index (κ3) is 12.5. The number of hydrogen-bond donors (Lipinski definition) is 1. The summed E-state index contributed by atoms with van der Waals surface area (Å²) in [6, 6.07) is 0. The van der Waals surface area contributed by atoms with Gasteiger partial charge in [0.2, 0.25) is 0 Å². The average molecular weight is 365 g/mol. The Hall–Kier alpha value is -0.830. The number of allylic oxidation sites excluding steroid dienone is 2. The lowest BCUT2D eigenvalue weighted by atomic mass is 10.1. The Balaban J connectivity index is 1.78. The molecule has 0 fully saturated rings. The van der Waals surface area contributed by atoms with E-state index in [4.69, 9.17) is 5.11 Å². The van der Waals surface area contributed by atoms with Gasteiger partial charge in [0.25, 0.3) is 0 Å². The van der Waals surface area contributed by atoms with Crippen molar-refractivity contribution in [3.8, 4) is 0 Å². The minimum atomic E-state index is 0.244. The first kappa shape index (κ1) is 23.2. The van der Waals surface area contributed by atoms with Gasteiger partial charge in [0.1, 0.15) is 0 Å². The van der Waals surface area contributed by atoms with Crippen LogP contribution >= 0.6 is 0 Å². The molecule has 0 atom stereocenters. The Bertz CT molecular complexity index is 365. The minimum Gasteiger partial charge on any atom is -0.395 e. The molecule has 0 aromatic heterocycles. The minimum absolute atomic E-state index is 0.244. The van der Waals surface area contributed by atoms with Crippen LogP contribution < -0.4 is 0 Å². The number of nitrogens with zero attached hydrogens (tertiary/aromatic N) is 2. The maximum Gasteiger partial charge on any atom is 0.0991 e. The molecular weight excluding hydrogens is 320 g/mol. The first-order valence-electron chi connectivity index (χ1n) is 11.4. The number of aliphatic hydroxyl groups excluding tert-OH is 1. The molecule has 26 heavy (non-hydrogen) atoms. The molecule has 0 radical (unpaired) electrons. The molecule has 1 aliphatic heterocycles. The zero-order valence-corrected chi connectivity index (χ0v) is 17.4. The topological polar surface area (TPSA) is 35.8 Å². The lowest BCUT2D eigenvalue weighted by Gasteiger charge is -2.18. The predicted molar refractivity (Wildman–Crippen MR) is 115 cm³/mol. The molecule has 3 heteroatoms. The van der Waals surface area contributed by atoms with Crippen LogP contribution in [0.4, 0.5) is 0 Å². The average Bonchev–Trinajstić information content (AvgIpc) is 3.09. The Morgan fingerprint density at radius 1 is 0.846 bits per heavy atom. The highest BCUT2D eigenvalue weighted by molar-refractivity contribution is 5.83. The summed E-state index contributed by atoms with van der Waals surface area (Å²) in [6.07, 6.45) is 24.9. The van der Waals surface area contributed by atoms with Crippen molar-refractivity contribution in [3.63, 3.8) is 0 Å². The second-order valence-corrected chi connectivity index (χ2v) is 7.70. The second-order valence-electron chi connectivity index (χ2n) is 7.70. The quantitative estimate of drug-likeness (QED) is 0.235. The van der Waals surface area contributed by atoms with Crippen molar-refractivity contribution >= 4 is 5.84 Å². The van der Waals surface area contributed by atoms with Gasteiger partial charge in [-0.25, -0.2) is 0 Å². The van der Waals surface area contributed by atoms with Gasteiger partial charge in [0.15, 0.2) is 0 Å². The van der Waals surface area contributed by atoms with E-state index in [1.807, 2.05) is 0 Å². The van der Waals surface area contributed by atoms with Crippen LogP contribution in [0.2, 0.25) is 0 Å². The van der Waals surface area contributed by atoms with Crippen molar-refractivity contribution in [3.05, 3.63) is 12.2 Å². The van der Waals surface area contributed by atoms with E-state index in [2.05, 4.69) is 29.0 Å². The van der Waals surface area contributed by atoms with E-state index in [0.717, 1.165) is 26.1 Å². The summed E-state index contributed by atoms with van der Waals surface area (Å²) < 4.78 is 0. The fourth-order valence-corrected chi connectivity index (χ4v) is 3.66. The van der Waals surface area contributed by atoms with E-state index >= 15 is 0 Å². The summed E-state index contributed by atoms with van der Waals surface area (Å²) in [5.41, 5.74) is 0. The van der Waals surface area contributed by atoms with Crippen LogP contribution in [0, 0.1) is 0 Å². The maximum absolute atomic E-state index is 9.06. The summed E-state index contributed by atoms with van der Waals surface area (Å²) in [5.74, 6) is 1.23. The molecule has 0 aromatic rings. The van der Waals surface area contributed by atoms with Gasteiger partial charge in [-0.3, -0.25) is 4.99 Å². The van der Waals surface area contributed by atoms with Crippen LogP contribution in [0.25, 0.3) is 0 Å². The molecule has 0 aliphatic carbocycles. The highest BCUT2D eigenvalue weighted by atomic mass is 16.3. The predicted octanol–water partition coefficient (Wildman–Crippen LogP) is 6.12. The largest absolute Gasteiger partial charge is 0.395 e. The number of rotatable bonds is 18. The smallest absolute Gasteiger partial charge is 0.0991 e. The fraction of sp³-hybridized carbons (Fsp3) is 0.870. The Morgan fingerprint density at radius 3 is 2.04 bits per heavy atom. The molecule has 0 saturated heterocycles. The number of amidine groups is 1. The maximum atomic E-state index is 9.06. The van der Waals surface area contributed by atoms with Crippen LogP contribution in [0.1, 0.15) is 103 Å². The van der Waals surface area contributed by atoms with Gasteiger partial charge in [-0.2, -0.15) is 0 Å². The molecule has 0 amide bonds. The number of unbranched alkanes of at least 4 members (excludes halogenated alkanes) is 12. The zero-order chi connectivity index (χ0) is 18.7. The Morgan fingerprint density at radius 2 is 1.42 bits per heavy atom. The molecule has 1 N–H and O–H groups in total. The van der Waals surface area contributed by atoms with E-state index in [0.29, 0.717) is 0 Å². The molecule has 1 aliphatic rings. The lowest BCUT2D eigenvalue weighted by molar-refractivity contribution is 0.255. The molecular formula is C23H44N2O. The molecule has 0 unspecified atom stereocenters. The fourth-order valence-electron chi connectivity index (χ4n) is 3.66. The van der Waals surface area contributed by atoms with Gasteiger partial charge in [0, 0.05) is 19.5 Å². The van der Waals surface area contributed by atoms with Crippen LogP contribution in [0.3, 0.4) is 0 Å². The monoisotopic (exact) mass is 364 g/mol. The summed E-state index contributed by atoms with van der Waals surface area (Å²) in [6.45, 7) is 5.19. The van der Waals surface area contributed by atoms with Crippen molar-refractivity contribution in [1.82, 2.24) is 4.90 Å². The number of hydrogen-bond acceptors (Lipinski definition) is 3. The molecule has 1 rings (SSSR count). The highest BCUT2D eigenvalue weighted by Gasteiger charge is 2.14. The second kappa shape index (κ2) is 17.6. The van der Waals surface area contributed by atoms with E-state index in [1.54, 1.807) is 0 Å². The molecule has 0 saturated carbocycles. The highest BCUT2D eigenvalue weighted by Crippen LogP contribution is 2.14. The molecule has 0 spiro atoms. The number of β-amino-alcohol motifs (C(OH)–C–C–N with tert-alkyl or cyclic N) is 1. The summed E-state index contributed by atoms with van der Waals surface area (Å²) in [4.78, 5) is 6.82. The van der Waals surface area contributed by atoms with Crippen LogP contribution in [-0.2, 0) is 0 Å². The first-order chi connectivity index (χ1) is 12.9. The molecule has 0 bridgehead atoms. The van der Waals surface area contributed by atoms with E-state index < -0.39 is 0 Å². The molecule has 152 valence electrons. The Labute approximate surface area is 163 Å². The van der Waals surface area contributed by atoms with Crippen molar-refractivity contribution in [2.75, 3.05) is 26.2 Å². The van der Waals surface area contributed by atoms with Gasteiger partial charge >= 0.3 is 0 Å². The van der Waals surface area contributed by atoms with Gasteiger partial charge in [-0.15, -0.1) is 0 Å². The number of aliphatic imine (C=N–C) groups is 1. The lowest BCUT2D eigenvalue weighted by Crippen LogP contribution is -2.30. The third-order valence-corrected chi connectivity index (χ3v) is 5.31. The zero-order valence-electron chi connectivity index (χ0n) is 17.4. The van der Waals surface area contributed by atoms with Gasteiger partial charge < -0.3 is 10.0 Å². The standard InChI is InChI=1S/C23H44N2O/c1-2-3-4-5-6-7-8-9-10-11-12-13-14-15-16-17-18-23-24-19-20-25(23)21-22-26/h6-7,26H,2-5,8-22H2,1H3/b7-6+. The normalized spacial score (nSPS) is 14.5. The van der Waals surface area contributed by atoms with Crippen LogP contribution in [0.15, 0.2) is 17.1 Å². The van der Waals surface area contributed by atoms with Gasteiger partial charge in [0.05, 0.1) is 19.0 Å². The van der Waals surface area contributed by atoms with E-state index in [1.165, 1.54) is 95.7 Å². The summed E-state index contributed by atoms with van der Waals surface area (Å²) in [5, 5.41) is 9.06. The van der Waals surface area contributed by atoms with Crippen LogP contribution in [-0.4, -0.2) is 42.1 Å². The molecule has 0 aromatic carbocycles. The summed E-state index contributed by atoms with van der Waals surface area (Å²) in [7, 11) is 0.